The van der Waals surface area contributed by atoms with Crippen LogP contribution < -0.4 is 5.73 Å². The molecule has 0 bridgehead atoms. The zero-order valence-electron chi connectivity index (χ0n) is 11.9. The molecular weight excluding hydrogens is 319 g/mol. The third-order valence-corrected chi connectivity index (χ3v) is 5.98. The Hall–Kier alpha value is -0.330. The van der Waals surface area contributed by atoms with Crippen LogP contribution in [-0.2, 0) is 16.6 Å². The van der Waals surface area contributed by atoms with E-state index in [1.54, 1.807) is 0 Å². The lowest BCUT2D eigenvalue weighted by Gasteiger charge is -2.26. The Bertz CT molecular complexity index is 574. The van der Waals surface area contributed by atoms with Gasteiger partial charge in [-0.1, -0.05) is 30.1 Å². The molecule has 1 rings (SSSR count). The maximum atomic E-state index is 12.7. The molecule has 0 amide bonds. The number of halogens is 2. The van der Waals surface area contributed by atoms with Gasteiger partial charge in [-0.05, 0) is 32.4 Å². The number of sulfonamides is 1. The Morgan fingerprint density at radius 2 is 1.90 bits per heavy atom. The fourth-order valence-electron chi connectivity index (χ4n) is 1.97. The normalized spacial score (nSPS) is 12.4. The van der Waals surface area contributed by atoms with Crippen LogP contribution in [0.25, 0.3) is 0 Å². The third kappa shape index (κ3) is 3.46. The Labute approximate surface area is 130 Å². The van der Waals surface area contributed by atoms with Gasteiger partial charge >= 0.3 is 0 Å². The molecule has 0 heterocycles. The van der Waals surface area contributed by atoms with Crippen LogP contribution in [0.2, 0.25) is 10.0 Å². The average Bonchev–Trinajstić information content (AvgIpc) is 2.35. The van der Waals surface area contributed by atoms with Gasteiger partial charge in [0.05, 0.1) is 5.02 Å². The van der Waals surface area contributed by atoms with Crippen molar-refractivity contribution in [2.45, 2.75) is 44.7 Å². The van der Waals surface area contributed by atoms with Gasteiger partial charge < -0.3 is 5.73 Å². The van der Waals surface area contributed by atoms with E-state index >= 15 is 0 Å². The second-order valence-corrected chi connectivity index (χ2v) is 7.40. The molecule has 0 saturated heterocycles. The molecule has 0 aromatic heterocycles. The monoisotopic (exact) mass is 338 g/mol. The minimum atomic E-state index is -3.66. The summed E-state index contributed by atoms with van der Waals surface area (Å²) < 4.78 is 26.9. The average molecular weight is 339 g/mol. The van der Waals surface area contributed by atoms with Crippen molar-refractivity contribution < 1.29 is 8.42 Å². The van der Waals surface area contributed by atoms with Crippen molar-refractivity contribution in [3.63, 3.8) is 0 Å². The van der Waals surface area contributed by atoms with E-state index < -0.39 is 10.0 Å². The third-order valence-electron chi connectivity index (χ3n) is 2.96. The van der Waals surface area contributed by atoms with E-state index in [4.69, 9.17) is 28.9 Å². The van der Waals surface area contributed by atoms with Crippen LogP contribution in [0, 0.1) is 0 Å². The van der Waals surface area contributed by atoms with Crippen molar-refractivity contribution >= 4 is 33.2 Å². The highest BCUT2D eigenvalue weighted by atomic mass is 35.5. The molecule has 0 spiro atoms. The molecule has 0 aliphatic carbocycles. The first-order valence-corrected chi connectivity index (χ1v) is 8.65. The summed E-state index contributed by atoms with van der Waals surface area (Å²) >= 11 is 12.2. The van der Waals surface area contributed by atoms with Crippen LogP contribution in [0.4, 0.5) is 0 Å². The van der Waals surface area contributed by atoms with E-state index in [0.29, 0.717) is 17.1 Å². The fourth-order valence-corrected chi connectivity index (χ4v) is 4.60. The van der Waals surface area contributed by atoms with Gasteiger partial charge in [0, 0.05) is 29.7 Å². The SMILES string of the molecule is CCCN(C(C)C)S(=O)(=O)c1ccc(Cl)c(CN)c1Cl. The summed E-state index contributed by atoms with van der Waals surface area (Å²) in [5.41, 5.74) is 6.03. The van der Waals surface area contributed by atoms with E-state index in [1.165, 1.54) is 16.4 Å². The van der Waals surface area contributed by atoms with Crippen molar-refractivity contribution in [3.05, 3.63) is 27.7 Å². The maximum absolute atomic E-state index is 12.7. The molecular formula is C13H20Cl2N2O2S. The number of nitrogens with zero attached hydrogens (tertiary/aromatic N) is 1. The highest BCUT2D eigenvalue weighted by Gasteiger charge is 2.29. The van der Waals surface area contributed by atoms with Gasteiger partial charge in [-0.2, -0.15) is 4.31 Å². The van der Waals surface area contributed by atoms with Gasteiger partial charge in [-0.3, -0.25) is 0 Å². The van der Waals surface area contributed by atoms with Crippen LogP contribution in [-0.4, -0.2) is 25.3 Å². The minimum absolute atomic E-state index is 0.0613. The van der Waals surface area contributed by atoms with E-state index in [9.17, 15) is 8.42 Å². The first-order chi connectivity index (χ1) is 9.27. The molecule has 0 atom stereocenters. The summed E-state index contributed by atoms with van der Waals surface area (Å²) in [5.74, 6) is 0. The Kier molecular flexibility index (Phi) is 6.28. The van der Waals surface area contributed by atoms with Crippen LogP contribution in [0.1, 0.15) is 32.8 Å². The van der Waals surface area contributed by atoms with Gasteiger partial charge in [-0.15, -0.1) is 0 Å². The zero-order chi connectivity index (χ0) is 15.5. The lowest BCUT2D eigenvalue weighted by Crippen LogP contribution is -2.37. The lowest BCUT2D eigenvalue weighted by molar-refractivity contribution is 0.354. The van der Waals surface area contributed by atoms with Crippen molar-refractivity contribution in [3.8, 4) is 0 Å². The molecule has 114 valence electrons. The summed E-state index contributed by atoms with van der Waals surface area (Å²) in [6, 6.07) is 2.81. The smallest absolute Gasteiger partial charge is 0.244 e. The van der Waals surface area contributed by atoms with E-state index in [-0.39, 0.29) is 22.5 Å². The van der Waals surface area contributed by atoms with Crippen LogP contribution >= 0.6 is 23.2 Å². The molecule has 7 heteroatoms. The van der Waals surface area contributed by atoms with Crippen molar-refractivity contribution in [1.29, 1.82) is 0 Å². The summed E-state index contributed by atoms with van der Waals surface area (Å²) in [6.07, 6.45) is 0.729. The molecule has 2 N–H and O–H groups in total. The molecule has 0 fully saturated rings. The molecule has 0 aliphatic heterocycles. The second kappa shape index (κ2) is 7.09. The lowest BCUT2D eigenvalue weighted by atomic mass is 10.2. The van der Waals surface area contributed by atoms with Crippen LogP contribution in [0.15, 0.2) is 17.0 Å². The molecule has 4 nitrogen and oxygen atoms in total. The topological polar surface area (TPSA) is 63.4 Å². The summed E-state index contributed by atoms with van der Waals surface area (Å²) in [4.78, 5) is 0.0613. The van der Waals surface area contributed by atoms with E-state index in [2.05, 4.69) is 0 Å². The predicted molar refractivity (Wildman–Crippen MR) is 83.7 cm³/mol. The standard InChI is InChI=1S/C13H20Cl2N2O2S/c1-4-7-17(9(2)3)20(18,19)12-6-5-11(14)10(8-16)13(12)15/h5-6,9H,4,7-8,16H2,1-3H3. The molecule has 0 saturated carbocycles. The zero-order valence-corrected chi connectivity index (χ0v) is 14.2. The van der Waals surface area contributed by atoms with Gasteiger partial charge in [-0.25, -0.2) is 8.42 Å². The second-order valence-electron chi connectivity index (χ2n) is 4.75. The molecule has 0 radical (unpaired) electrons. The van der Waals surface area contributed by atoms with Gasteiger partial charge in [0.2, 0.25) is 10.0 Å². The summed E-state index contributed by atoms with van der Waals surface area (Å²) in [6.45, 7) is 6.13. The summed E-state index contributed by atoms with van der Waals surface area (Å²) in [5, 5.41) is 0.491. The Morgan fingerprint density at radius 3 is 2.35 bits per heavy atom. The predicted octanol–water partition coefficient (Wildman–Crippen LogP) is 3.26. The van der Waals surface area contributed by atoms with E-state index in [1.807, 2.05) is 20.8 Å². The fraction of sp³-hybridized carbons (Fsp3) is 0.538. The number of hydrogen-bond acceptors (Lipinski definition) is 3. The molecule has 1 aromatic carbocycles. The Balaban J connectivity index is 3.42. The minimum Gasteiger partial charge on any atom is -0.326 e. The first kappa shape index (κ1) is 17.7. The quantitative estimate of drug-likeness (QED) is 0.865. The summed E-state index contributed by atoms with van der Waals surface area (Å²) in [7, 11) is -3.66. The number of benzene rings is 1. The van der Waals surface area contributed by atoms with Crippen molar-refractivity contribution in [2.75, 3.05) is 6.54 Å². The van der Waals surface area contributed by atoms with Crippen LogP contribution in [0.3, 0.4) is 0 Å². The number of rotatable bonds is 6. The van der Waals surface area contributed by atoms with Gasteiger partial charge in [0.15, 0.2) is 0 Å². The molecule has 0 aliphatic rings. The number of hydrogen-bond donors (Lipinski definition) is 1. The van der Waals surface area contributed by atoms with Gasteiger partial charge in [0.1, 0.15) is 4.90 Å². The molecule has 0 unspecified atom stereocenters. The van der Waals surface area contributed by atoms with Gasteiger partial charge in [0.25, 0.3) is 0 Å². The van der Waals surface area contributed by atoms with Crippen LogP contribution in [0.5, 0.6) is 0 Å². The van der Waals surface area contributed by atoms with Crippen molar-refractivity contribution in [2.24, 2.45) is 5.73 Å². The molecule has 20 heavy (non-hydrogen) atoms. The first-order valence-electron chi connectivity index (χ1n) is 6.46. The highest BCUT2D eigenvalue weighted by molar-refractivity contribution is 7.89. The largest absolute Gasteiger partial charge is 0.326 e. The van der Waals surface area contributed by atoms with Crippen molar-refractivity contribution in [1.82, 2.24) is 4.31 Å². The van der Waals surface area contributed by atoms with E-state index in [0.717, 1.165) is 6.42 Å². The Morgan fingerprint density at radius 1 is 1.30 bits per heavy atom. The molecule has 1 aromatic rings. The number of nitrogens with two attached hydrogens (primary N) is 1. The highest BCUT2D eigenvalue weighted by Crippen LogP contribution is 2.33. The maximum Gasteiger partial charge on any atom is 0.244 e.